The molecular weight excluding hydrogens is 552 g/mol. The third-order valence-electron chi connectivity index (χ3n) is 8.19. The second-order valence-corrected chi connectivity index (χ2v) is 11.3. The standard InChI is InChI=1S/C35H37ClO6/c36-28-16-14-27(15-17-28)35(40-22-23-41-35)21-20-31-30(32(37)24-33(31)38)10-6-1-2-7-11-34(39)42-29-18-12-26(13-19-29)25-8-4-3-5-9-25/h1-5,7-9,11-19,30-33,37-38H,6,10,20-24H2/b2-1-,11-7?/t30-,31-,32+,33-/m1/s1. The average molecular weight is 589 g/mol. The maximum Gasteiger partial charge on any atom is 0.336 e. The zero-order valence-electron chi connectivity index (χ0n) is 23.5. The van der Waals surface area contributed by atoms with Crippen LogP contribution in [0, 0.1) is 11.8 Å². The molecule has 3 aromatic carbocycles. The molecule has 2 aliphatic rings. The second-order valence-electron chi connectivity index (χ2n) is 10.9. The fourth-order valence-corrected chi connectivity index (χ4v) is 6.17. The van der Waals surface area contributed by atoms with Crippen molar-refractivity contribution in [2.24, 2.45) is 11.8 Å². The van der Waals surface area contributed by atoms with Gasteiger partial charge in [0.2, 0.25) is 0 Å². The van der Waals surface area contributed by atoms with Crippen LogP contribution in [0.1, 0.15) is 37.7 Å². The molecule has 220 valence electrons. The maximum absolute atomic E-state index is 12.2. The van der Waals surface area contributed by atoms with Crippen molar-refractivity contribution in [2.45, 2.75) is 50.1 Å². The van der Waals surface area contributed by atoms with Gasteiger partial charge in [0.25, 0.3) is 0 Å². The van der Waals surface area contributed by atoms with Crippen molar-refractivity contribution in [3.63, 3.8) is 0 Å². The normalized spacial score (nSPS) is 23.6. The van der Waals surface area contributed by atoms with Crippen LogP contribution in [0.4, 0.5) is 0 Å². The smallest absolute Gasteiger partial charge is 0.336 e. The highest BCUT2D eigenvalue weighted by molar-refractivity contribution is 6.30. The van der Waals surface area contributed by atoms with Gasteiger partial charge in [-0.1, -0.05) is 84.4 Å². The molecule has 0 aromatic heterocycles. The Bertz CT molecular complexity index is 1350. The zero-order chi connectivity index (χ0) is 29.4. The van der Waals surface area contributed by atoms with Crippen molar-refractivity contribution in [3.8, 4) is 16.9 Å². The maximum atomic E-state index is 12.2. The van der Waals surface area contributed by atoms with Gasteiger partial charge in [-0.2, -0.15) is 0 Å². The predicted molar refractivity (Wildman–Crippen MR) is 163 cm³/mol. The molecule has 6 nitrogen and oxygen atoms in total. The van der Waals surface area contributed by atoms with Gasteiger partial charge in [-0.3, -0.25) is 0 Å². The molecule has 0 spiro atoms. The van der Waals surface area contributed by atoms with Crippen LogP contribution >= 0.6 is 11.6 Å². The summed E-state index contributed by atoms with van der Waals surface area (Å²) in [5.41, 5.74) is 3.06. The van der Waals surface area contributed by atoms with E-state index >= 15 is 0 Å². The summed E-state index contributed by atoms with van der Waals surface area (Å²) in [5.74, 6) is -0.928. The van der Waals surface area contributed by atoms with Crippen LogP contribution < -0.4 is 4.74 Å². The van der Waals surface area contributed by atoms with E-state index in [9.17, 15) is 15.0 Å². The number of rotatable bonds is 11. The van der Waals surface area contributed by atoms with Crippen molar-refractivity contribution < 1.29 is 29.2 Å². The Morgan fingerprint density at radius 1 is 0.857 bits per heavy atom. The number of benzene rings is 3. The van der Waals surface area contributed by atoms with E-state index in [1.54, 1.807) is 18.2 Å². The first-order chi connectivity index (χ1) is 20.4. The van der Waals surface area contributed by atoms with E-state index < -0.39 is 24.0 Å². The monoisotopic (exact) mass is 588 g/mol. The van der Waals surface area contributed by atoms with E-state index in [1.807, 2.05) is 78.9 Å². The van der Waals surface area contributed by atoms with Crippen LogP contribution in [0.25, 0.3) is 11.1 Å². The first-order valence-corrected chi connectivity index (χ1v) is 14.9. The Kier molecular flexibility index (Phi) is 10.3. The van der Waals surface area contributed by atoms with Crippen molar-refractivity contribution in [1.82, 2.24) is 0 Å². The molecule has 1 saturated heterocycles. The van der Waals surface area contributed by atoms with E-state index in [1.165, 1.54) is 6.08 Å². The van der Waals surface area contributed by atoms with Gasteiger partial charge in [0.1, 0.15) is 5.75 Å². The Hall–Kier alpha value is -3.26. The molecule has 0 radical (unpaired) electrons. The summed E-state index contributed by atoms with van der Waals surface area (Å²) in [6.07, 6.45) is 8.71. The predicted octanol–water partition coefficient (Wildman–Crippen LogP) is 6.84. The lowest BCUT2D eigenvalue weighted by molar-refractivity contribution is -0.175. The quantitative estimate of drug-likeness (QED) is 0.110. The van der Waals surface area contributed by atoms with Crippen LogP contribution in [0.3, 0.4) is 0 Å². The van der Waals surface area contributed by atoms with Gasteiger partial charge in [-0.25, -0.2) is 4.79 Å². The summed E-state index contributed by atoms with van der Waals surface area (Å²) in [4.78, 5) is 12.2. The van der Waals surface area contributed by atoms with Crippen LogP contribution in [-0.4, -0.2) is 41.6 Å². The highest BCUT2D eigenvalue weighted by Crippen LogP contribution is 2.43. The number of hydrogen-bond acceptors (Lipinski definition) is 6. The molecule has 7 heteroatoms. The molecule has 2 fully saturated rings. The molecule has 1 heterocycles. The van der Waals surface area contributed by atoms with E-state index in [-0.39, 0.29) is 11.8 Å². The third-order valence-corrected chi connectivity index (χ3v) is 8.44. The molecule has 1 saturated carbocycles. The topological polar surface area (TPSA) is 85.2 Å². The molecule has 0 amide bonds. The van der Waals surface area contributed by atoms with Crippen molar-refractivity contribution in [1.29, 1.82) is 0 Å². The van der Waals surface area contributed by atoms with E-state index in [4.69, 9.17) is 25.8 Å². The molecular formula is C35H37ClO6. The number of ether oxygens (including phenoxy) is 3. The van der Waals surface area contributed by atoms with Gasteiger partial charge in [0.15, 0.2) is 5.79 Å². The van der Waals surface area contributed by atoms with Crippen molar-refractivity contribution >= 4 is 17.6 Å². The SMILES string of the molecule is O=C(C=C/C=C\CC[C@@H]1[C@@H](CCC2(c3ccc(Cl)cc3)OCCO2)[C@H](O)C[C@@H]1O)Oc1ccc(-c2ccccc2)cc1. The fraction of sp³-hybridized carbons (Fsp3) is 0.343. The number of hydrogen-bond donors (Lipinski definition) is 2. The third kappa shape index (κ3) is 7.57. The minimum atomic E-state index is -0.856. The van der Waals surface area contributed by atoms with Gasteiger partial charge >= 0.3 is 5.97 Å². The second kappa shape index (κ2) is 14.3. The Morgan fingerprint density at radius 2 is 1.50 bits per heavy atom. The average Bonchev–Trinajstić information content (AvgIpc) is 3.59. The molecule has 4 atom stereocenters. The van der Waals surface area contributed by atoms with Crippen molar-refractivity contribution in [3.05, 3.63) is 114 Å². The van der Waals surface area contributed by atoms with Gasteiger partial charge in [0.05, 0.1) is 25.4 Å². The van der Waals surface area contributed by atoms with E-state index in [0.717, 1.165) is 23.1 Å². The van der Waals surface area contributed by atoms with E-state index in [0.29, 0.717) is 49.7 Å². The molecule has 42 heavy (non-hydrogen) atoms. The Labute approximate surface area is 252 Å². The molecule has 1 aliphatic carbocycles. The minimum absolute atomic E-state index is 0.0406. The molecule has 2 N–H and O–H groups in total. The number of esters is 1. The first kappa shape index (κ1) is 30.2. The summed E-state index contributed by atoms with van der Waals surface area (Å²) in [7, 11) is 0. The number of aliphatic hydroxyl groups excluding tert-OH is 2. The minimum Gasteiger partial charge on any atom is -0.423 e. The summed E-state index contributed by atoms with van der Waals surface area (Å²) in [6.45, 7) is 1.02. The highest BCUT2D eigenvalue weighted by atomic mass is 35.5. The number of halogens is 1. The van der Waals surface area contributed by atoms with Gasteiger partial charge in [0, 0.05) is 23.1 Å². The van der Waals surface area contributed by atoms with Gasteiger partial charge in [-0.05, 0) is 72.9 Å². The number of aliphatic hydroxyl groups is 2. The molecule has 5 rings (SSSR count). The molecule has 0 unspecified atom stereocenters. The van der Waals surface area contributed by atoms with Crippen LogP contribution in [0.5, 0.6) is 5.75 Å². The Morgan fingerprint density at radius 3 is 2.19 bits per heavy atom. The number of carbonyl (C=O) groups is 1. The fourth-order valence-electron chi connectivity index (χ4n) is 6.04. The van der Waals surface area contributed by atoms with Crippen LogP contribution in [0.2, 0.25) is 5.02 Å². The lowest BCUT2D eigenvalue weighted by Crippen LogP contribution is -2.30. The van der Waals surface area contributed by atoms with E-state index in [2.05, 4.69) is 0 Å². The first-order valence-electron chi connectivity index (χ1n) is 14.5. The lowest BCUT2D eigenvalue weighted by Gasteiger charge is -2.31. The van der Waals surface area contributed by atoms with Crippen LogP contribution in [-0.2, 0) is 20.1 Å². The largest absolute Gasteiger partial charge is 0.423 e. The lowest BCUT2D eigenvalue weighted by atomic mass is 9.84. The van der Waals surface area contributed by atoms with Gasteiger partial charge < -0.3 is 24.4 Å². The summed E-state index contributed by atoms with van der Waals surface area (Å²) in [5, 5.41) is 22.1. The molecule has 1 aliphatic heterocycles. The highest BCUT2D eigenvalue weighted by Gasteiger charge is 2.44. The number of allylic oxidation sites excluding steroid dienone is 3. The molecule has 0 bridgehead atoms. The van der Waals surface area contributed by atoms with Crippen LogP contribution in [0.15, 0.2) is 103 Å². The summed E-state index contributed by atoms with van der Waals surface area (Å²) in [6, 6.07) is 24.9. The van der Waals surface area contributed by atoms with Crippen molar-refractivity contribution in [2.75, 3.05) is 13.2 Å². The Balaban J connectivity index is 1.09. The molecule has 3 aromatic rings. The number of carbonyl (C=O) groups excluding carboxylic acids is 1. The summed E-state index contributed by atoms with van der Waals surface area (Å²) >= 11 is 6.07. The zero-order valence-corrected chi connectivity index (χ0v) is 24.2. The summed E-state index contributed by atoms with van der Waals surface area (Å²) < 4.78 is 17.5. The van der Waals surface area contributed by atoms with Gasteiger partial charge in [-0.15, -0.1) is 0 Å².